The third-order valence-electron chi connectivity index (χ3n) is 4.68. The van der Waals surface area contributed by atoms with E-state index in [1.807, 2.05) is 0 Å². The lowest BCUT2D eigenvalue weighted by Crippen LogP contribution is -2.39. The van der Waals surface area contributed by atoms with Crippen LogP contribution in [-0.2, 0) is 12.8 Å². The summed E-state index contributed by atoms with van der Waals surface area (Å²) in [6.07, 6.45) is 6.91. The van der Waals surface area contributed by atoms with E-state index in [0.717, 1.165) is 12.1 Å². The molecule has 2 atom stereocenters. The summed E-state index contributed by atoms with van der Waals surface area (Å²) in [5, 5.41) is 14.3. The van der Waals surface area contributed by atoms with Gasteiger partial charge in [0.15, 0.2) is 0 Å². The van der Waals surface area contributed by atoms with Crippen LogP contribution in [0.4, 0.5) is 0 Å². The number of rotatable bonds is 7. The molecule has 118 valence electrons. The average Bonchev–Trinajstić information content (AvgIpc) is 2.50. The van der Waals surface area contributed by atoms with Crippen molar-refractivity contribution in [1.29, 1.82) is 0 Å². The highest BCUT2D eigenvalue weighted by Crippen LogP contribution is 2.27. The Morgan fingerprint density at radius 3 is 2.52 bits per heavy atom. The highest BCUT2D eigenvalue weighted by atomic mass is 16.3. The molecule has 0 amide bonds. The van der Waals surface area contributed by atoms with Crippen molar-refractivity contribution in [3.63, 3.8) is 0 Å². The minimum Gasteiger partial charge on any atom is -0.387 e. The largest absolute Gasteiger partial charge is 0.387 e. The number of hydrogen-bond acceptors (Lipinski definition) is 2. The fourth-order valence-electron chi connectivity index (χ4n) is 3.30. The first-order chi connectivity index (χ1) is 10.1. The molecule has 0 spiro atoms. The molecule has 1 aromatic rings. The van der Waals surface area contributed by atoms with Crippen molar-refractivity contribution in [3.8, 4) is 0 Å². The Kier molecular flexibility index (Phi) is 6.25. The first-order valence-electron chi connectivity index (χ1n) is 8.66. The number of benzene rings is 1. The van der Waals surface area contributed by atoms with Crippen molar-refractivity contribution < 1.29 is 5.11 Å². The molecule has 0 heterocycles. The van der Waals surface area contributed by atoms with Crippen molar-refractivity contribution >= 4 is 0 Å². The fraction of sp³-hybridized carbons (Fsp3) is 0.684. The Labute approximate surface area is 130 Å². The molecule has 0 saturated carbocycles. The van der Waals surface area contributed by atoms with E-state index in [9.17, 15) is 5.11 Å². The molecule has 1 aliphatic rings. The lowest BCUT2D eigenvalue weighted by molar-refractivity contribution is 0.105. The second kappa shape index (κ2) is 7.95. The summed E-state index contributed by atoms with van der Waals surface area (Å²) in [5.74, 6) is 0.424. The van der Waals surface area contributed by atoms with Gasteiger partial charge in [0.05, 0.1) is 6.10 Å². The van der Waals surface area contributed by atoms with Crippen LogP contribution in [0.5, 0.6) is 0 Å². The van der Waals surface area contributed by atoms with E-state index in [4.69, 9.17) is 0 Å². The number of hydrogen-bond donors (Lipinski definition) is 2. The van der Waals surface area contributed by atoms with Gasteiger partial charge in [-0.2, -0.15) is 0 Å². The van der Waals surface area contributed by atoms with E-state index in [-0.39, 0.29) is 6.04 Å². The van der Waals surface area contributed by atoms with Crippen LogP contribution in [0.15, 0.2) is 18.2 Å². The van der Waals surface area contributed by atoms with Gasteiger partial charge in [-0.1, -0.05) is 45.4 Å². The van der Waals surface area contributed by atoms with E-state index in [0.29, 0.717) is 5.92 Å². The Morgan fingerprint density at radius 1 is 1.14 bits per heavy atom. The molecule has 0 aromatic heterocycles. The zero-order valence-corrected chi connectivity index (χ0v) is 13.9. The third kappa shape index (κ3) is 4.31. The molecule has 1 aliphatic carbocycles. The van der Waals surface area contributed by atoms with Crippen LogP contribution in [0.1, 0.15) is 69.2 Å². The lowest BCUT2D eigenvalue weighted by atomic mass is 9.87. The number of unbranched alkanes of at least 4 members (excludes halogenated alkanes) is 1. The normalized spacial score (nSPS) is 17.6. The monoisotopic (exact) mass is 289 g/mol. The van der Waals surface area contributed by atoms with Gasteiger partial charge in [0.1, 0.15) is 0 Å². The van der Waals surface area contributed by atoms with Crippen molar-refractivity contribution in [2.24, 2.45) is 5.92 Å². The van der Waals surface area contributed by atoms with Gasteiger partial charge in [-0.05, 0) is 61.3 Å². The topological polar surface area (TPSA) is 32.3 Å². The van der Waals surface area contributed by atoms with Gasteiger partial charge in [0.2, 0.25) is 0 Å². The molecular formula is C19H31NO. The van der Waals surface area contributed by atoms with Crippen LogP contribution in [0, 0.1) is 5.92 Å². The van der Waals surface area contributed by atoms with Crippen LogP contribution in [0.3, 0.4) is 0 Å². The zero-order chi connectivity index (χ0) is 15.2. The molecule has 0 saturated heterocycles. The van der Waals surface area contributed by atoms with E-state index in [1.165, 1.54) is 49.7 Å². The predicted octanol–water partition coefficient (Wildman–Crippen LogP) is 4.01. The number of aliphatic hydroxyl groups excluding tert-OH is 1. The highest BCUT2D eigenvalue weighted by molar-refractivity contribution is 5.35. The molecule has 1 aromatic carbocycles. The molecule has 2 N–H and O–H groups in total. The second-order valence-corrected chi connectivity index (χ2v) is 6.76. The second-order valence-electron chi connectivity index (χ2n) is 6.76. The maximum atomic E-state index is 10.8. The van der Waals surface area contributed by atoms with E-state index in [1.54, 1.807) is 0 Å². The number of aryl methyl sites for hydroxylation is 2. The molecular weight excluding hydrogens is 258 g/mol. The van der Waals surface area contributed by atoms with Gasteiger partial charge in [0, 0.05) is 6.04 Å². The standard InChI is InChI=1S/C19H31NO/c1-4-5-12-20-18(14(2)3)19(21)17-11-10-15-8-6-7-9-16(15)13-17/h10-11,13-14,18-21H,4-9,12H2,1-3H3. The van der Waals surface area contributed by atoms with Crippen molar-refractivity contribution in [2.45, 2.75) is 71.4 Å². The molecule has 0 aliphatic heterocycles. The number of aliphatic hydroxyl groups is 1. The van der Waals surface area contributed by atoms with Crippen LogP contribution in [-0.4, -0.2) is 17.7 Å². The summed E-state index contributed by atoms with van der Waals surface area (Å²) in [6, 6.07) is 6.75. The van der Waals surface area contributed by atoms with Gasteiger partial charge in [0.25, 0.3) is 0 Å². The van der Waals surface area contributed by atoms with E-state index in [2.05, 4.69) is 44.3 Å². The summed E-state index contributed by atoms with van der Waals surface area (Å²) in [5.41, 5.74) is 4.02. The first kappa shape index (κ1) is 16.5. The summed E-state index contributed by atoms with van der Waals surface area (Å²) in [7, 11) is 0. The van der Waals surface area contributed by atoms with Crippen molar-refractivity contribution in [2.75, 3.05) is 6.54 Å². The van der Waals surface area contributed by atoms with E-state index >= 15 is 0 Å². The van der Waals surface area contributed by atoms with Gasteiger partial charge < -0.3 is 10.4 Å². The van der Waals surface area contributed by atoms with Crippen LogP contribution < -0.4 is 5.32 Å². The molecule has 0 bridgehead atoms. The maximum absolute atomic E-state index is 10.8. The SMILES string of the molecule is CCCCNC(C(C)C)C(O)c1ccc2c(c1)CCCC2. The van der Waals surface area contributed by atoms with Crippen LogP contribution in [0.25, 0.3) is 0 Å². The Morgan fingerprint density at radius 2 is 1.86 bits per heavy atom. The summed E-state index contributed by atoms with van der Waals surface area (Å²) >= 11 is 0. The molecule has 2 unspecified atom stereocenters. The van der Waals surface area contributed by atoms with Gasteiger partial charge in [-0.15, -0.1) is 0 Å². The Balaban J connectivity index is 2.10. The van der Waals surface area contributed by atoms with Gasteiger partial charge in [-0.3, -0.25) is 0 Å². The minimum absolute atomic E-state index is 0.137. The highest BCUT2D eigenvalue weighted by Gasteiger charge is 2.24. The van der Waals surface area contributed by atoms with Gasteiger partial charge >= 0.3 is 0 Å². The Hall–Kier alpha value is -0.860. The van der Waals surface area contributed by atoms with Crippen LogP contribution in [0.2, 0.25) is 0 Å². The quantitative estimate of drug-likeness (QED) is 0.743. The summed E-state index contributed by atoms with van der Waals surface area (Å²) in [6.45, 7) is 7.56. The maximum Gasteiger partial charge on any atom is 0.0945 e. The van der Waals surface area contributed by atoms with Gasteiger partial charge in [-0.25, -0.2) is 0 Å². The van der Waals surface area contributed by atoms with Crippen molar-refractivity contribution in [1.82, 2.24) is 5.32 Å². The smallest absolute Gasteiger partial charge is 0.0945 e. The lowest BCUT2D eigenvalue weighted by Gasteiger charge is -2.29. The van der Waals surface area contributed by atoms with Crippen molar-refractivity contribution in [3.05, 3.63) is 34.9 Å². The van der Waals surface area contributed by atoms with E-state index < -0.39 is 6.10 Å². The summed E-state index contributed by atoms with van der Waals surface area (Å²) in [4.78, 5) is 0. The zero-order valence-electron chi connectivity index (χ0n) is 13.9. The number of fused-ring (bicyclic) bond motifs is 1. The molecule has 0 fully saturated rings. The Bertz CT molecular complexity index is 441. The molecule has 2 rings (SSSR count). The molecule has 2 heteroatoms. The molecule has 2 nitrogen and oxygen atoms in total. The molecule has 21 heavy (non-hydrogen) atoms. The number of nitrogens with one attached hydrogen (secondary N) is 1. The summed E-state index contributed by atoms with van der Waals surface area (Å²) < 4.78 is 0. The predicted molar refractivity (Wildman–Crippen MR) is 89.6 cm³/mol. The minimum atomic E-state index is -0.408. The third-order valence-corrected chi connectivity index (χ3v) is 4.68. The molecule has 0 radical (unpaired) electrons. The fourth-order valence-corrected chi connectivity index (χ4v) is 3.30. The average molecular weight is 289 g/mol. The first-order valence-corrected chi connectivity index (χ1v) is 8.66. The van der Waals surface area contributed by atoms with Crippen LogP contribution >= 0.6 is 0 Å².